The van der Waals surface area contributed by atoms with E-state index in [4.69, 9.17) is 4.42 Å². The Labute approximate surface area is 208 Å². The average molecular weight is 490 g/mol. The second kappa shape index (κ2) is 10.7. The first-order valence-electron chi connectivity index (χ1n) is 11.4. The van der Waals surface area contributed by atoms with Crippen molar-refractivity contribution >= 4 is 34.9 Å². The molecule has 1 aromatic heterocycles. The zero-order valence-electron chi connectivity index (χ0n) is 20.0. The maximum atomic E-state index is 12.6. The van der Waals surface area contributed by atoms with Gasteiger partial charge in [0.25, 0.3) is 11.1 Å². The minimum Gasteiger partial charge on any atom is -0.441 e. The maximum Gasteiger partial charge on any atom is 0.293 e. The minimum absolute atomic E-state index is 0.123. The molecule has 35 heavy (non-hydrogen) atoms. The molecule has 7 nitrogen and oxygen atoms in total. The highest BCUT2D eigenvalue weighted by Gasteiger charge is 2.34. The molecule has 0 aliphatic carbocycles. The van der Waals surface area contributed by atoms with E-state index in [0.29, 0.717) is 23.0 Å². The number of aromatic nitrogens is 1. The van der Waals surface area contributed by atoms with Crippen LogP contribution in [0.5, 0.6) is 0 Å². The van der Waals surface area contributed by atoms with Crippen molar-refractivity contribution in [1.82, 2.24) is 15.2 Å². The molecular weight excluding hydrogens is 462 g/mol. The fraction of sp³-hybridized carbons (Fsp3) is 0.259. The lowest BCUT2D eigenvalue weighted by atomic mass is 10.1. The van der Waals surface area contributed by atoms with Gasteiger partial charge in [0.15, 0.2) is 11.7 Å². The zero-order valence-corrected chi connectivity index (χ0v) is 20.8. The van der Waals surface area contributed by atoms with Gasteiger partial charge in [-0.15, -0.1) is 0 Å². The predicted octanol–water partition coefficient (Wildman–Crippen LogP) is 5.05. The van der Waals surface area contributed by atoms with E-state index in [-0.39, 0.29) is 36.6 Å². The predicted molar refractivity (Wildman–Crippen MR) is 137 cm³/mol. The molecule has 8 heteroatoms. The molecule has 0 saturated carbocycles. The summed E-state index contributed by atoms with van der Waals surface area (Å²) >= 11 is 0.914. The second-order valence-corrected chi connectivity index (χ2v) is 9.50. The molecule has 1 N–H and O–H groups in total. The number of imide groups is 1. The summed E-state index contributed by atoms with van der Waals surface area (Å²) in [5.74, 6) is 0.619. The molecule has 1 saturated heterocycles. The van der Waals surface area contributed by atoms with Crippen molar-refractivity contribution in [2.45, 2.75) is 33.6 Å². The van der Waals surface area contributed by atoms with Crippen LogP contribution in [0.3, 0.4) is 0 Å². The van der Waals surface area contributed by atoms with Gasteiger partial charge in [-0.2, -0.15) is 0 Å². The fourth-order valence-electron chi connectivity index (χ4n) is 3.58. The third-order valence-electron chi connectivity index (χ3n) is 5.82. The Bertz CT molecular complexity index is 1290. The Hall–Kier alpha value is -3.65. The van der Waals surface area contributed by atoms with Crippen LogP contribution in [-0.4, -0.2) is 40.0 Å². The van der Waals surface area contributed by atoms with Crippen LogP contribution in [0.2, 0.25) is 0 Å². The van der Waals surface area contributed by atoms with Gasteiger partial charge in [-0.3, -0.25) is 19.3 Å². The van der Waals surface area contributed by atoms with Gasteiger partial charge in [-0.05, 0) is 61.4 Å². The van der Waals surface area contributed by atoms with Gasteiger partial charge in [-0.1, -0.05) is 42.0 Å². The van der Waals surface area contributed by atoms with Gasteiger partial charge >= 0.3 is 0 Å². The van der Waals surface area contributed by atoms with Crippen LogP contribution < -0.4 is 5.32 Å². The van der Waals surface area contributed by atoms with Crippen molar-refractivity contribution < 1.29 is 18.8 Å². The van der Waals surface area contributed by atoms with E-state index >= 15 is 0 Å². The molecule has 1 aliphatic rings. The first-order valence-corrected chi connectivity index (χ1v) is 12.2. The fourth-order valence-corrected chi connectivity index (χ4v) is 4.44. The number of thioether (sulfide) groups is 1. The summed E-state index contributed by atoms with van der Waals surface area (Å²) in [6, 6.07) is 13.8. The van der Waals surface area contributed by atoms with E-state index < -0.39 is 0 Å². The molecule has 0 bridgehead atoms. The van der Waals surface area contributed by atoms with Crippen molar-refractivity contribution in [2.75, 3.05) is 13.1 Å². The van der Waals surface area contributed by atoms with E-state index in [1.807, 2.05) is 56.3 Å². The normalized spacial score (nSPS) is 14.7. The monoisotopic (exact) mass is 489 g/mol. The summed E-state index contributed by atoms with van der Waals surface area (Å²) < 4.78 is 5.80. The lowest BCUT2D eigenvalue weighted by molar-refractivity contribution is -0.124. The summed E-state index contributed by atoms with van der Waals surface area (Å²) in [5, 5.41) is 2.43. The van der Waals surface area contributed by atoms with E-state index in [0.717, 1.165) is 33.4 Å². The highest BCUT2D eigenvalue weighted by molar-refractivity contribution is 8.18. The second-order valence-electron chi connectivity index (χ2n) is 8.51. The molecule has 0 radical (unpaired) electrons. The number of carbonyl (C=O) groups is 3. The number of nitrogens with one attached hydrogen (secondary N) is 1. The molecule has 4 rings (SSSR count). The van der Waals surface area contributed by atoms with Crippen LogP contribution >= 0.6 is 11.8 Å². The van der Waals surface area contributed by atoms with Crippen molar-refractivity contribution in [2.24, 2.45) is 0 Å². The maximum absolute atomic E-state index is 12.6. The number of rotatable bonds is 8. The zero-order chi connectivity index (χ0) is 24.9. The summed E-state index contributed by atoms with van der Waals surface area (Å²) in [6.45, 7) is 6.40. The average Bonchev–Trinajstić information content (AvgIpc) is 3.41. The van der Waals surface area contributed by atoms with Crippen LogP contribution in [0, 0.1) is 20.8 Å². The number of aryl methyl sites for hydroxylation is 4. The summed E-state index contributed by atoms with van der Waals surface area (Å²) in [4.78, 5) is 43.0. The van der Waals surface area contributed by atoms with Gasteiger partial charge in [0, 0.05) is 31.5 Å². The summed E-state index contributed by atoms with van der Waals surface area (Å²) in [7, 11) is 0. The highest BCUT2D eigenvalue weighted by Crippen LogP contribution is 2.32. The van der Waals surface area contributed by atoms with E-state index in [9.17, 15) is 14.4 Å². The summed E-state index contributed by atoms with van der Waals surface area (Å²) in [5.41, 5.74) is 5.31. The standard InChI is InChI=1S/C27H27N3O4S/c1-17-4-7-20(8-5-17)15-23-26(32)30(27(33)35-23)13-12-28-24(31)10-11-25-29-16-22(34-25)21-9-6-18(2)19(3)14-21/h4-9,14-16H,10-13H2,1-3H3,(H,28,31)/b23-15-. The van der Waals surface area contributed by atoms with Gasteiger partial charge in [-0.25, -0.2) is 4.98 Å². The van der Waals surface area contributed by atoms with Gasteiger partial charge in [0.2, 0.25) is 5.91 Å². The molecule has 0 atom stereocenters. The van der Waals surface area contributed by atoms with Crippen LogP contribution in [0.15, 0.2) is 58.0 Å². The molecule has 0 unspecified atom stereocenters. The molecule has 3 aromatic rings. The molecule has 180 valence electrons. The number of benzene rings is 2. The third-order valence-corrected chi connectivity index (χ3v) is 6.72. The van der Waals surface area contributed by atoms with Gasteiger partial charge in [0.05, 0.1) is 11.1 Å². The Morgan fingerprint density at radius 3 is 2.60 bits per heavy atom. The Kier molecular flexibility index (Phi) is 7.51. The first-order chi connectivity index (χ1) is 16.8. The minimum atomic E-state index is -0.339. The van der Waals surface area contributed by atoms with E-state index in [1.165, 1.54) is 11.1 Å². The SMILES string of the molecule is Cc1ccc(/C=C2\SC(=O)N(CCNC(=O)CCc3ncc(-c4ccc(C)c(C)c4)o3)C2=O)cc1. The smallest absolute Gasteiger partial charge is 0.293 e. The van der Waals surface area contributed by atoms with Crippen LogP contribution in [-0.2, 0) is 16.0 Å². The lowest BCUT2D eigenvalue weighted by Gasteiger charge is -2.12. The molecule has 2 heterocycles. The van der Waals surface area contributed by atoms with Crippen molar-refractivity contribution in [3.63, 3.8) is 0 Å². The van der Waals surface area contributed by atoms with E-state index in [1.54, 1.807) is 12.3 Å². The van der Waals surface area contributed by atoms with Crippen molar-refractivity contribution in [3.05, 3.63) is 81.7 Å². The van der Waals surface area contributed by atoms with Crippen LogP contribution in [0.1, 0.15) is 34.6 Å². The number of hydrogen-bond acceptors (Lipinski definition) is 6. The molecule has 1 fully saturated rings. The van der Waals surface area contributed by atoms with Crippen molar-refractivity contribution in [1.29, 1.82) is 0 Å². The summed E-state index contributed by atoms with van der Waals surface area (Å²) in [6.07, 6.45) is 3.94. The number of hydrogen-bond donors (Lipinski definition) is 1. The molecule has 3 amide bonds. The van der Waals surface area contributed by atoms with Crippen LogP contribution in [0.25, 0.3) is 17.4 Å². The topological polar surface area (TPSA) is 92.5 Å². The Balaban J connectivity index is 1.24. The molecule has 0 spiro atoms. The number of amides is 3. The number of nitrogens with zero attached hydrogens (tertiary/aromatic N) is 2. The number of oxazole rings is 1. The number of carbonyl (C=O) groups excluding carboxylic acids is 3. The Morgan fingerprint density at radius 2 is 1.86 bits per heavy atom. The first kappa shape index (κ1) is 24.5. The van der Waals surface area contributed by atoms with Gasteiger partial charge < -0.3 is 9.73 Å². The molecule has 1 aliphatic heterocycles. The largest absolute Gasteiger partial charge is 0.441 e. The molecular formula is C27H27N3O4S. The van der Waals surface area contributed by atoms with Crippen molar-refractivity contribution in [3.8, 4) is 11.3 Å². The quantitative estimate of drug-likeness (QED) is 0.445. The Morgan fingerprint density at radius 1 is 1.09 bits per heavy atom. The molecule has 2 aromatic carbocycles. The van der Waals surface area contributed by atoms with Crippen LogP contribution in [0.4, 0.5) is 4.79 Å². The van der Waals surface area contributed by atoms with E-state index in [2.05, 4.69) is 17.2 Å². The third kappa shape index (κ3) is 6.08. The van der Waals surface area contributed by atoms with Gasteiger partial charge in [0.1, 0.15) is 0 Å². The lowest BCUT2D eigenvalue weighted by Crippen LogP contribution is -2.37. The highest BCUT2D eigenvalue weighted by atomic mass is 32.2.